The van der Waals surface area contributed by atoms with Crippen molar-refractivity contribution in [1.82, 2.24) is 4.90 Å². The molecule has 0 saturated heterocycles. The zero-order chi connectivity index (χ0) is 11.9. The summed E-state index contributed by atoms with van der Waals surface area (Å²) in [6.07, 6.45) is 0.107. The van der Waals surface area contributed by atoms with Crippen molar-refractivity contribution in [1.29, 1.82) is 0 Å². The van der Waals surface area contributed by atoms with Crippen LogP contribution in [0.5, 0.6) is 0 Å². The number of carbonyl (C=O) groups is 2. The molecule has 1 aliphatic rings. The molecule has 0 bridgehead atoms. The van der Waals surface area contributed by atoms with Crippen molar-refractivity contribution in [2.24, 2.45) is 0 Å². The number of nitro groups is 1. The first-order chi connectivity index (χ1) is 7.50. The Kier molecular flexibility index (Phi) is 2.19. The third-order valence-electron chi connectivity index (χ3n) is 2.56. The van der Waals surface area contributed by atoms with Crippen LogP contribution in [-0.2, 0) is 11.2 Å². The van der Waals surface area contributed by atoms with Gasteiger partial charge in [-0.1, -0.05) is 6.07 Å². The van der Waals surface area contributed by atoms with Gasteiger partial charge in [0.15, 0.2) is 0 Å². The number of nitro benzene ring substituents is 1. The normalized spacial score (nSPS) is 14.9. The first kappa shape index (κ1) is 10.3. The van der Waals surface area contributed by atoms with Crippen molar-refractivity contribution in [2.75, 3.05) is 7.05 Å². The molecule has 0 unspecified atom stereocenters. The molecule has 1 aliphatic heterocycles. The fraction of sp³-hybridized carbons (Fsp3) is 0.200. The van der Waals surface area contributed by atoms with Gasteiger partial charge in [0.25, 0.3) is 11.6 Å². The van der Waals surface area contributed by atoms with E-state index < -0.39 is 10.8 Å². The number of hydrogen-bond donors (Lipinski definition) is 0. The van der Waals surface area contributed by atoms with Crippen molar-refractivity contribution < 1.29 is 14.5 Å². The lowest BCUT2D eigenvalue weighted by atomic mass is 9.98. The van der Waals surface area contributed by atoms with Crippen LogP contribution in [0.25, 0.3) is 0 Å². The maximum Gasteiger partial charge on any atom is 0.270 e. The molecule has 6 nitrogen and oxygen atoms in total. The second-order valence-electron chi connectivity index (χ2n) is 3.53. The molecule has 82 valence electrons. The Morgan fingerprint density at radius 2 is 2.06 bits per heavy atom. The van der Waals surface area contributed by atoms with Crippen LogP contribution in [0.4, 0.5) is 5.69 Å². The number of benzene rings is 1. The van der Waals surface area contributed by atoms with E-state index in [1.54, 1.807) is 0 Å². The summed E-state index contributed by atoms with van der Waals surface area (Å²) in [6, 6.07) is 3.96. The van der Waals surface area contributed by atoms with Gasteiger partial charge in [-0.15, -0.1) is 0 Å². The standard InChI is InChI=1S/C10H8N2O4/c1-11-9(13)4-6-2-3-7(12(15)16)5-8(6)10(11)14/h2-3,5H,4H2,1H3. The molecule has 2 amide bonds. The molecule has 0 aliphatic carbocycles. The van der Waals surface area contributed by atoms with E-state index in [-0.39, 0.29) is 23.6 Å². The van der Waals surface area contributed by atoms with E-state index in [0.717, 1.165) is 4.90 Å². The summed E-state index contributed by atoms with van der Waals surface area (Å²) in [6.45, 7) is 0. The fourth-order valence-corrected chi connectivity index (χ4v) is 1.61. The van der Waals surface area contributed by atoms with Gasteiger partial charge in [0.2, 0.25) is 5.91 Å². The number of non-ortho nitro benzene ring substituents is 1. The van der Waals surface area contributed by atoms with E-state index in [0.29, 0.717) is 5.56 Å². The summed E-state index contributed by atoms with van der Waals surface area (Å²) < 4.78 is 0. The summed E-state index contributed by atoms with van der Waals surface area (Å²) in [4.78, 5) is 34.0. The van der Waals surface area contributed by atoms with Gasteiger partial charge in [-0.3, -0.25) is 24.6 Å². The topological polar surface area (TPSA) is 80.5 Å². The lowest BCUT2D eigenvalue weighted by molar-refractivity contribution is -0.384. The van der Waals surface area contributed by atoms with Crippen molar-refractivity contribution >= 4 is 17.5 Å². The van der Waals surface area contributed by atoms with Crippen LogP contribution < -0.4 is 0 Å². The summed E-state index contributed by atoms with van der Waals surface area (Å²) >= 11 is 0. The lowest BCUT2D eigenvalue weighted by Crippen LogP contribution is -2.39. The summed E-state index contributed by atoms with van der Waals surface area (Å²) in [5, 5.41) is 10.6. The van der Waals surface area contributed by atoms with Gasteiger partial charge in [-0.2, -0.15) is 0 Å². The van der Waals surface area contributed by atoms with Gasteiger partial charge >= 0.3 is 0 Å². The summed E-state index contributed by atoms with van der Waals surface area (Å²) in [7, 11) is 1.37. The van der Waals surface area contributed by atoms with Crippen LogP contribution in [0.1, 0.15) is 15.9 Å². The lowest BCUT2D eigenvalue weighted by Gasteiger charge is -2.22. The number of nitrogens with zero attached hydrogens (tertiary/aromatic N) is 2. The van der Waals surface area contributed by atoms with E-state index in [2.05, 4.69) is 0 Å². The van der Waals surface area contributed by atoms with Gasteiger partial charge in [0.1, 0.15) is 0 Å². The number of amides is 2. The smallest absolute Gasteiger partial charge is 0.270 e. The first-order valence-electron chi connectivity index (χ1n) is 4.59. The molecule has 1 aromatic rings. The van der Waals surface area contributed by atoms with Crippen molar-refractivity contribution in [3.05, 3.63) is 39.4 Å². The molecule has 0 atom stereocenters. The maximum absolute atomic E-state index is 11.7. The molecule has 0 spiro atoms. The molecule has 0 radical (unpaired) electrons. The Labute approximate surface area is 90.6 Å². The zero-order valence-electron chi connectivity index (χ0n) is 8.47. The molecule has 1 aromatic carbocycles. The Bertz CT molecular complexity index is 510. The predicted octanol–water partition coefficient (Wildman–Crippen LogP) is 0.749. The van der Waals surface area contributed by atoms with Gasteiger partial charge in [0.05, 0.1) is 16.9 Å². The molecule has 1 heterocycles. The number of carbonyl (C=O) groups excluding carboxylic acids is 2. The number of imide groups is 1. The molecule has 2 rings (SSSR count). The first-order valence-corrected chi connectivity index (χ1v) is 4.59. The Morgan fingerprint density at radius 1 is 1.38 bits per heavy atom. The summed E-state index contributed by atoms with van der Waals surface area (Å²) in [5.74, 6) is -0.790. The largest absolute Gasteiger partial charge is 0.281 e. The highest BCUT2D eigenvalue weighted by Crippen LogP contribution is 2.23. The van der Waals surface area contributed by atoms with E-state index in [9.17, 15) is 19.7 Å². The van der Waals surface area contributed by atoms with Gasteiger partial charge < -0.3 is 0 Å². The second kappa shape index (κ2) is 3.41. The number of rotatable bonds is 1. The number of likely N-dealkylation sites (N-methyl/N-ethyl adjacent to an activating group) is 1. The maximum atomic E-state index is 11.7. The molecular formula is C10H8N2O4. The minimum absolute atomic E-state index is 0.107. The predicted molar refractivity (Wildman–Crippen MR) is 53.9 cm³/mol. The molecular weight excluding hydrogens is 212 g/mol. The summed E-state index contributed by atoms with van der Waals surface area (Å²) in [5.41, 5.74) is 0.629. The highest BCUT2D eigenvalue weighted by atomic mass is 16.6. The SMILES string of the molecule is CN1C(=O)Cc2ccc([N+](=O)[O-])cc2C1=O. The van der Waals surface area contributed by atoms with E-state index in [4.69, 9.17) is 0 Å². The van der Waals surface area contributed by atoms with Crippen LogP contribution in [0.3, 0.4) is 0 Å². The van der Waals surface area contributed by atoms with E-state index in [1.807, 2.05) is 0 Å². The molecule has 16 heavy (non-hydrogen) atoms. The Hall–Kier alpha value is -2.24. The van der Waals surface area contributed by atoms with E-state index >= 15 is 0 Å². The average Bonchev–Trinajstić information content (AvgIpc) is 2.25. The number of hydrogen-bond acceptors (Lipinski definition) is 4. The van der Waals surface area contributed by atoms with Crippen LogP contribution in [-0.4, -0.2) is 28.7 Å². The van der Waals surface area contributed by atoms with Gasteiger partial charge in [-0.05, 0) is 5.56 Å². The van der Waals surface area contributed by atoms with E-state index in [1.165, 1.54) is 25.2 Å². The van der Waals surface area contributed by atoms with Crippen molar-refractivity contribution in [2.45, 2.75) is 6.42 Å². The minimum Gasteiger partial charge on any atom is -0.281 e. The van der Waals surface area contributed by atoms with Gasteiger partial charge in [0, 0.05) is 19.2 Å². The minimum atomic E-state index is -0.565. The third kappa shape index (κ3) is 1.44. The fourth-order valence-electron chi connectivity index (χ4n) is 1.61. The van der Waals surface area contributed by atoms with Crippen LogP contribution in [0.15, 0.2) is 18.2 Å². The average molecular weight is 220 g/mol. The number of fused-ring (bicyclic) bond motifs is 1. The van der Waals surface area contributed by atoms with Crippen LogP contribution in [0, 0.1) is 10.1 Å². The monoisotopic (exact) mass is 220 g/mol. The zero-order valence-corrected chi connectivity index (χ0v) is 8.47. The Morgan fingerprint density at radius 3 is 2.69 bits per heavy atom. The second-order valence-corrected chi connectivity index (χ2v) is 3.53. The van der Waals surface area contributed by atoms with Crippen molar-refractivity contribution in [3.8, 4) is 0 Å². The third-order valence-corrected chi connectivity index (χ3v) is 2.56. The van der Waals surface area contributed by atoms with Crippen LogP contribution >= 0.6 is 0 Å². The van der Waals surface area contributed by atoms with Crippen molar-refractivity contribution in [3.63, 3.8) is 0 Å². The molecule has 0 N–H and O–H groups in total. The Balaban J connectivity index is 2.55. The molecule has 6 heteroatoms. The van der Waals surface area contributed by atoms with Crippen LogP contribution in [0.2, 0.25) is 0 Å². The highest BCUT2D eigenvalue weighted by molar-refractivity contribution is 6.09. The highest BCUT2D eigenvalue weighted by Gasteiger charge is 2.29. The quantitative estimate of drug-likeness (QED) is 0.397. The molecule has 0 fully saturated rings. The molecule has 0 saturated carbocycles. The molecule has 0 aromatic heterocycles. The van der Waals surface area contributed by atoms with Gasteiger partial charge in [-0.25, -0.2) is 0 Å².